The number of anilines is 2. The molecule has 1 saturated heterocycles. The van der Waals surface area contributed by atoms with Crippen molar-refractivity contribution in [1.29, 1.82) is 0 Å². The second-order valence-corrected chi connectivity index (χ2v) is 10.3. The van der Waals surface area contributed by atoms with Gasteiger partial charge in [-0.15, -0.1) is 0 Å². The van der Waals surface area contributed by atoms with Crippen molar-refractivity contribution < 1.29 is 27.5 Å². The maximum Gasteiger partial charge on any atom is 0.262 e. The molecule has 2 aliphatic rings. The first-order valence-electron chi connectivity index (χ1n) is 10.9. The van der Waals surface area contributed by atoms with Gasteiger partial charge in [-0.3, -0.25) is 9.59 Å². The molecular weight excluding hydrogens is 460 g/mol. The number of carbonyl (C=O) groups excluding carboxylic acids is 2. The Labute approximate surface area is 199 Å². The molecule has 0 spiro atoms. The Kier molecular flexibility index (Phi) is 6.67. The first-order chi connectivity index (χ1) is 16.2. The number of amides is 2. The minimum Gasteiger partial charge on any atom is -0.497 e. The highest BCUT2D eigenvalue weighted by molar-refractivity contribution is 7.89. The summed E-state index contributed by atoms with van der Waals surface area (Å²) in [6, 6.07) is 10.7. The van der Waals surface area contributed by atoms with Gasteiger partial charge in [-0.1, -0.05) is 0 Å². The Hall–Kier alpha value is -3.31. The Morgan fingerprint density at radius 2 is 1.82 bits per heavy atom. The number of hydrogen-bond acceptors (Lipinski definition) is 7. The number of benzene rings is 2. The third-order valence-corrected chi connectivity index (χ3v) is 7.97. The number of ether oxygens (including phenoxy) is 2. The minimum atomic E-state index is -3.94. The van der Waals surface area contributed by atoms with E-state index in [0.717, 1.165) is 15.7 Å². The van der Waals surface area contributed by atoms with Gasteiger partial charge < -0.3 is 24.6 Å². The van der Waals surface area contributed by atoms with Crippen LogP contribution in [0.25, 0.3) is 0 Å². The lowest BCUT2D eigenvalue weighted by Gasteiger charge is -2.36. The topological polar surface area (TPSA) is 108 Å². The molecule has 2 heterocycles. The molecule has 0 saturated carbocycles. The monoisotopic (exact) mass is 488 g/mol. The van der Waals surface area contributed by atoms with E-state index in [-0.39, 0.29) is 35.6 Å². The molecule has 2 aromatic carbocycles. The summed E-state index contributed by atoms with van der Waals surface area (Å²) in [5.41, 5.74) is 1.94. The normalized spacial score (nSPS) is 16.1. The van der Waals surface area contributed by atoms with Crippen LogP contribution >= 0.6 is 0 Å². The van der Waals surface area contributed by atoms with Crippen LogP contribution in [0.3, 0.4) is 0 Å². The summed E-state index contributed by atoms with van der Waals surface area (Å²) in [4.78, 5) is 28.3. The third kappa shape index (κ3) is 4.80. The fourth-order valence-electron chi connectivity index (χ4n) is 4.04. The van der Waals surface area contributed by atoms with E-state index < -0.39 is 10.0 Å². The third-order valence-electron chi connectivity index (χ3n) is 6.03. The van der Waals surface area contributed by atoms with Gasteiger partial charge in [0.1, 0.15) is 11.5 Å². The summed E-state index contributed by atoms with van der Waals surface area (Å²) in [5, 5.41) is 2.66. The van der Waals surface area contributed by atoms with Gasteiger partial charge in [0.2, 0.25) is 15.9 Å². The quantitative estimate of drug-likeness (QED) is 0.653. The molecule has 182 valence electrons. The standard InChI is InChI=1S/C23H28N4O6S/c1-16-12-19-20(33-15-22(28)24-19)13-21(16)34(30,31)25(2)14-23(29)27-10-8-26(9-11-27)17-4-6-18(32-3)7-5-17/h4-7,12-13H,8-11,14-15H2,1-3H3,(H,24,28). The highest BCUT2D eigenvalue weighted by Crippen LogP contribution is 2.34. The van der Waals surface area contributed by atoms with Crippen LogP contribution in [0.15, 0.2) is 41.3 Å². The Balaban J connectivity index is 1.39. The molecule has 10 nitrogen and oxygen atoms in total. The van der Waals surface area contributed by atoms with Crippen molar-refractivity contribution in [2.24, 2.45) is 0 Å². The van der Waals surface area contributed by atoms with E-state index in [1.807, 2.05) is 24.3 Å². The van der Waals surface area contributed by atoms with Crippen LogP contribution in [0.1, 0.15) is 5.56 Å². The molecular formula is C23H28N4O6S. The van der Waals surface area contributed by atoms with Crippen molar-refractivity contribution in [3.05, 3.63) is 42.0 Å². The molecule has 0 unspecified atom stereocenters. The second-order valence-electron chi connectivity index (χ2n) is 8.28. The number of fused-ring (bicyclic) bond motifs is 1. The lowest BCUT2D eigenvalue weighted by molar-refractivity contribution is -0.131. The summed E-state index contributed by atoms with van der Waals surface area (Å²) < 4.78 is 38.0. The van der Waals surface area contributed by atoms with Gasteiger partial charge in [0.15, 0.2) is 6.61 Å². The largest absolute Gasteiger partial charge is 0.497 e. The maximum atomic E-state index is 13.2. The molecule has 0 radical (unpaired) electrons. The molecule has 0 aliphatic carbocycles. The molecule has 11 heteroatoms. The van der Waals surface area contributed by atoms with Crippen LogP contribution in [-0.2, 0) is 19.6 Å². The molecule has 0 aromatic heterocycles. The zero-order valence-electron chi connectivity index (χ0n) is 19.4. The zero-order chi connectivity index (χ0) is 24.5. The number of rotatable bonds is 6. The van der Waals surface area contributed by atoms with Crippen LogP contribution in [0.2, 0.25) is 0 Å². The van der Waals surface area contributed by atoms with E-state index in [4.69, 9.17) is 9.47 Å². The summed E-state index contributed by atoms with van der Waals surface area (Å²) in [5.74, 6) is 0.530. The van der Waals surface area contributed by atoms with Gasteiger partial charge in [0, 0.05) is 45.0 Å². The number of carbonyl (C=O) groups is 2. The van der Waals surface area contributed by atoms with E-state index in [1.54, 1.807) is 25.0 Å². The molecule has 1 N–H and O–H groups in total. The average Bonchev–Trinajstić information content (AvgIpc) is 2.83. The van der Waals surface area contributed by atoms with Gasteiger partial charge in [0.05, 0.1) is 24.2 Å². The van der Waals surface area contributed by atoms with Gasteiger partial charge in [0.25, 0.3) is 5.91 Å². The smallest absolute Gasteiger partial charge is 0.262 e. The molecule has 1 fully saturated rings. The number of aryl methyl sites for hydroxylation is 1. The maximum absolute atomic E-state index is 13.2. The van der Waals surface area contributed by atoms with Crippen LogP contribution in [0.4, 0.5) is 11.4 Å². The average molecular weight is 489 g/mol. The minimum absolute atomic E-state index is 0.0435. The molecule has 2 aromatic rings. The van der Waals surface area contributed by atoms with Crippen molar-refractivity contribution in [1.82, 2.24) is 9.21 Å². The lowest BCUT2D eigenvalue weighted by atomic mass is 10.2. The van der Waals surface area contributed by atoms with E-state index in [0.29, 0.717) is 37.4 Å². The number of sulfonamides is 1. The second kappa shape index (κ2) is 9.51. The number of hydrogen-bond donors (Lipinski definition) is 1. The number of piperazine rings is 1. The Bertz CT molecular complexity index is 1190. The van der Waals surface area contributed by atoms with Crippen molar-refractivity contribution in [2.75, 3.05) is 63.7 Å². The van der Waals surface area contributed by atoms with Crippen molar-refractivity contribution in [2.45, 2.75) is 11.8 Å². The SMILES string of the molecule is COc1ccc(N2CCN(C(=O)CN(C)S(=O)(=O)c3cc4c(cc3C)NC(=O)CO4)CC2)cc1. The number of nitrogens with zero attached hydrogens (tertiary/aromatic N) is 3. The van der Waals surface area contributed by atoms with E-state index >= 15 is 0 Å². The highest BCUT2D eigenvalue weighted by Gasteiger charge is 2.30. The Morgan fingerprint density at radius 3 is 2.47 bits per heavy atom. The predicted octanol–water partition coefficient (Wildman–Crippen LogP) is 1.30. The molecule has 2 aliphatic heterocycles. The Morgan fingerprint density at radius 1 is 1.15 bits per heavy atom. The zero-order valence-corrected chi connectivity index (χ0v) is 20.2. The van der Waals surface area contributed by atoms with E-state index in [9.17, 15) is 18.0 Å². The van der Waals surface area contributed by atoms with Crippen molar-refractivity contribution in [3.8, 4) is 11.5 Å². The van der Waals surface area contributed by atoms with E-state index in [2.05, 4.69) is 10.2 Å². The molecule has 34 heavy (non-hydrogen) atoms. The van der Waals surface area contributed by atoms with Crippen LogP contribution < -0.4 is 19.7 Å². The lowest BCUT2D eigenvalue weighted by Crippen LogP contribution is -2.51. The first kappa shape index (κ1) is 23.8. The highest BCUT2D eigenvalue weighted by atomic mass is 32.2. The van der Waals surface area contributed by atoms with Crippen LogP contribution in [0, 0.1) is 6.92 Å². The molecule has 2 amide bonds. The van der Waals surface area contributed by atoms with Gasteiger partial charge in [-0.25, -0.2) is 8.42 Å². The molecule has 0 bridgehead atoms. The number of nitrogens with one attached hydrogen (secondary N) is 1. The summed E-state index contributed by atoms with van der Waals surface area (Å²) in [7, 11) is -0.927. The van der Waals surface area contributed by atoms with Gasteiger partial charge in [-0.2, -0.15) is 4.31 Å². The van der Waals surface area contributed by atoms with Gasteiger partial charge in [-0.05, 0) is 42.8 Å². The fourth-order valence-corrected chi connectivity index (χ4v) is 5.38. The summed E-state index contributed by atoms with van der Waals surface area (Å²) >= 11 is 0. The molecule has 4 rings (SSSR count). The van der Waals surface area contributed by atoms with Crippen molar-refractivity contribution in [3.63, 3.8) is 0 Å². The van der Waals surface area contributed by atoms with E-state index in [1.165, 1.54) is 13.1 Å². The summed E-state index contributed by atoms with van der Waals surface area (Å²) in [6.07, 6.45) is 0. The number of methoxy groups -OCH3 is 1. The fraction of sp³-hybridized carbons (Fsp3) is 0.391. The predicted molar refractivity (Wildman–Crippen MR) is 127 cm³/mol. The first-order valence-corrected chi connectivity index (χ1v) is 12.3. The summed E-state index contributed by atoms with van der Waals surface area (Å²) in [6.45, 7) is 3.52. The van der Waals surface area contributed by atoms with Gasteiger partial charge >= 0.3 is 0 Å². The molecule has 0 atom stereocenters. The number of likely N-dealkylation sites (N-methyl/N-ethyl adjacent to an activating group) is 1. The van der Waals surface area contributed by atoms with Crippen molar-refractivity contribution >= 4 is 33.2 Å². The van der Waals surface area contributed by atoms with Crippen LogP contribution in [-0.4, -0.2) is 82.9 Å². The van der Waals surface area contributed by atoms with Crippen LogP contribution in [0.5, 0.6) is 11.5 Å².